The fourth-order valence-electron chi connectivity index (χ4n) is 2.37. The maximum absolute atomic E-state index is 12.3. The van der Waals surface area contributed by atoms with Crippen LogP contribution < -0.4 is 0 Å². The lowest BCUT2D eigenvalue weighted by Gasteiger charge is -2.07. The number of carbonyl (C=O) groups excluding carboxylic acids is 1. The van der Waals surface area contributed by atoms with Gasteiger partial charge in [-0.15, -0.1) is 0 Å². The zero-order chi connectivity index (χ0) is 16.8. The minimum atomic E-state index is -0.131. The van der Waals surface area contributed by atoms with E-state index in [1.54, 1.807) is 24.3 Å². The molecule has 0 saturated carbocycles. The number of hydrogen-bond acceptors (Lipinski definition) is 4. The largest absolute Gasteiger partial charge is 0.508 e. The molecular formula is C21H26O4. The molecule has 0 aromatic heterocycles. The quantitative estimate of drug-likeness (QED) is 0.610. The lowest BCUT2D eigenvalue weighted by molar-refractivity contribution is 0.0990. The van der Waals surface area contributed by atoms with E-state index in [0.717, 1.165) is 18.1 Å². The SMILES string of the molecule is C.C.CO.O=C(Cc1ccccc1)c1cc2ccc(O)cc2cc1O. The second kappa shape index (κ2) is 10.1. The van der Waals surface area contributed by atoms with Gasteiger partial charge in [0.1, 0.15) is 11.5 Å². The summed E-state index contributed by atoms with van der Waals surface area (Å²) < 4.78 is 0. The third kappa shape index (κ3) is 5.33. The van der Waals surface area contributed by atoms with Crippen molar-refractivity contribution in [2.75, 3.05) is 7.11 Å². The minimum Gasteiger partial charge on any atom is -0.508 e. The lowest BCUT2D eigenvalue weighted by Crippen LogP contribution is -2.03. The van der Waals surface area contributed by atoms with Crippen LogP contribution in [0.25, 0.3) is 10.8 Å². The van der Waals surface area contributed by atoms with Gasteiger partial charge in [0.2, 0.25) is 0 Å². The number of Topliss-reactive ketones (excluding diaryl/α,β-unsaturated/α-hetero) is 1. The molecule has 0 unspecified atom stereocenters. The molecule has 0 saturated heterocycles. The zero-order valence-corrected chi connectivity index (χ0v) is 12.7. The summed E-state index contributed by atoms with van der Waals surface area (Å²) in [6.07, 6.45) is 0.248. The number of phenolic OH excluding ortho intramolecular Hbond substituents is 2. The average molecular weight is 342 g/mol. The fourth-order valence-corrected chi connectivity index (χ4v) is 2.37. The Hall–Kier alpha value is -2.85. The van der Waals surface area contributed by atoms with E-state index >= 15 is 0 Å². The molecule has 0 aliphatic carbocycles. The number of ketones is 1. The fraction of sp³-hybridized carbons (Fsp3) is 0.190. The van der Waals surface area contributed by atoms with Crippen LogP contribution in [0.5, 0.6) is 11.5 Å². The Morgan fingerprint density at radius 2 is 1.48 bits per heavy atom. The Bertz CT molecular complexity index is 811. The van der Waals surface area contributed by atoms with Crippen molar-refractivity contribution in [1.82, 2.24) is 0 Å². The molecular weight excluding hydrogens is 316 g/mol. The molecule has 25 heavy (non-hydrogen) atoms. The molecule has 134 valence electrons. The molecule has 0 amide bonds. The van der Waals surface area contributed by atoms with Crippen molar-refractivity contribution in [2.45, 2.75) is 21.3 Å². The van der Waals surface area contributed by atoms with Crippen molar-refractivity contribution in [3.8, 4) is 11.5 Å². The molecule has 0 fully saturated rings. The molecule has 4 heteroatoms. The van der Waals surface area contributed by atoms with E-state index in [1.807, 2.05) is 30.3 Å². The van der Waals surface area contributed by atoms with Gasteiger partial charge in [0.05, 0.1) is 5.56 Å². The zero-order valence-electron chi connectivity index (χ0n) is 12.7. The molecule has 0 atom stereocenters. The molecule has 3 rings (SSSR count). The topological polar surface area (TPSA) is 77.8 Å². The third-order valence-corrected chi connectivity index (χ3v) is 3.45. The van der Waals surface area contributed by atoms with Crippen molar-refractivity contribution >= 4 is 16.6 Å². The summed E-state index contributed by atoms with van der Waals surface area (Å²) >= 11 is 0. The van der Waals surface area contributed by atoms with Crippen LogP contribution in [-0.4, -0.2) is 28.2 Å². The Morgan fingerprint density at radius 3 is 2.12 bits per heavy atom. The highest BCUT2D eigenvalue weighted by Crippen LogP contribution is 2.28. The molecule has 4 nitrogen and oxygen atoms in total. The van der Waals surface area contributed by atoms with Gasteiger partial charge in [-0.3, -0.25) is 4.79 Å². The highest BCUT2D eigenvalue weighted by molar-refractivity contribution is 6.03. The van der Waals surface area contributed by atoms with Gasteiger partial charge in [-0.1, -0.05) is 51.3 Å². The van der Waals surface area contributed by atoms with Crippen LogP contribution in [0.1, 0.15) is 30.8 Å². The number of aliphatic hydroxyl groups excluding tert-OH is 1. The first-order valence-electron chi connectivity index (χ1n) is 7.11. The van der Waals surface area contributed by atoms with Gasteiger partial charge in [-0.05, 0) is 40.6 Å². The van der Waals surface area contributed by atoms with Crippen molar-refractivity contribution in [3.05, 3.63) is 71.8 Å². The first kappa shape index (κ1) is 22.2. The Balaban J connectivity index is 0.00000139. The van der Waals surface area contributed by atoms with Gasteiger partial charge in [0.15, 0.2) is 5.78 Å². The second-order valence-electron chi connectivity index (χ2n) is 4.99. The van der Waals surface area contributed by atoms with E-state index in [9.17, 15) is 15.0 Å². The van der Waals surface area contributed by atoms with Gasteiger partial charge < -0.3 is 15.3 Å². The monoisotopic (exact) mass is 342 g/mol. The van der Waals surface area contributed by atoms with E-state index < -0.39 is 0 Å². The van der Waals surface area contributed by atoms with Crippen molar-refractivity contribution in [1.29, 1.82) is 0 Å². The molecule has 0 spiro atoms. The van der Waals surface area contributed by atoms with Gasteiger partial charge in [-0.2, -0.15) is 0 Å². The van der Waals surface area contributed by atoms with Crippen LogP contribution in [0, 0.1) is 0 Å². The molecule has 0 bridgehead atoms. The molecule has 0 radical (unpaired) electrons. The Morgan fingerprint density at radius 1 is 0.840 bits per heavy atom. The highest BCUT2D eigenvalue weighted by atomic mass is 16.3. The first-order valence-corrected chi connectivity index (χ1v) is 7.11. The number of aliphatic hydroxyl groups is 1. The van der Waals surface area contributed by atoms with E-state index in [2.05, 4.69) is 0 Å². The summed E-state index contributed by atoms with van der Waals surface area (Å²) in [5, 5.41) is 28.0. The summed E-state index contributed by atoms with van der Waals surface area (Å²) in [6.45, 7) is 0. The number of carbonyl (C=O) groups is 1. The molecule has 3 N–H and O–H groups in total. The van der Waals surface area contributed by atoms with Crippen molar-refractivity contribution in [3.63, 3.8) is 0 Å². The molecule has 0 heterocycles. The van der Waals surface area contributed by atoms with Crippen LogP contribution in [0.2, 0.25) is 0 Å². The predicted molar refractivity (Wildman–Crippen MR) is 103 cm³/mol. The number of fused-ring (bicyclic) bond motifs is 1. The standard InChI is InChI=1S/C18H14O3.CH4O.2CH4/c19-15-7-6-13-10-16(18(21)11-14(13)9-15)17(20)8-12-4-2-1-3-5-12;1-2;;/h1-7,9-11,19,21H,8H2;2H,1H3;2*1H4. The smallest absolute Gasteiger partial charge is 0.170 e. The van der Waals surface area contributed by atoms with E-state index in [0.29, 0.717) is 10.9 Å². The predicted octanol–water partition coefficient (Wildman–Crippen LogP) is 4.56. The van der Waals surface area contributed by atoms with Gasteiger partial charge in [-0.25, -0.2) is 0 Å². The van der Waals surface area contributed by atoms with Gasteiger partial charge in [0.25, 0.3) is 0 Å². The molecule has 0 aliphatic heterocycles. The highest BCUT2D eigenvalue weighted by Gasteiger charge is 2.13. The number of aromatic hydroxyl groups is 2. The second-order valence-corrected chi connectivity index (χ2v) is 4.99. The number of rotatable bonds is 3. The van der Waals surface area contributed by atoms with Gasteiger partial charge in [0, 0.05) is 13.5 Å². The van der Waals surface area contributed by atoms with Crippen LogP contribution >= 0.6 is 0 Å². The summed E-state index contributed by atoms with van der Waals surface area (Å²) in [5.74, 6) is -0.0621. The van der Waals surface area contributed by atoms with Crippen LogP contribution in [0.3, 0.4) is 0 Å². The maximum Gasteiger partial charge on any atom is 0.170 e. The van der Waals surface area contributed by atoms with Gasteiger partial charge >= 0.3 is 0 Å². The molecule has 3 aromatic rings. The van der Waals surface area contributed by atoms with E-state index in [-0.39, 0.29) is 38.6 Å². The van der Waals surface area contributed by atoms with Crippen LogP contribution in [0.4, 0.5) is 0 Å². The Labute approximate surface area is 149 Å². The van der Waals surface area contributed by atoms with Crippen LogP contribution in [-0.2, 0) is 6.42 Å². The normalized spacial score (nSPS) is 9.20. The maximum atomic E-state index is 12.3. The molecule has 3 aromatic carbocycles. The first-order chi connectivity index (χ1) is 11.1. The third-order valence-electron chi connectivity index (χ3n) is 3.45. The summed E-state index contributed by atoms with van der Waals surface area (Å²) in [6, 6.07) is 17.4. The van der Waals surface area contributed by atoms with E-state index in [4.69, 9.17) is 5.11 Å². The van der Waals surface area contributed by atoms with Crippen molar-refractivity contribution in [2.24, 2.45) is 0 Å². The summed E-state index contributed by atoms with van der Waals surface area (Å²) in [5.41, 5.74) is 1.21. The Kier molecular flexibility index (Phi) is 8.95. The number of benzene rings is 3. The number of hydrogen-bond donors (Lipinski definition) is 3. The summed E-state index contributed by atoms with van der Waals surface area (Å²) in [7, 11) is 1.00. The molecule has 0 aliphatic rings. The summed E-state index contributed by atoms with van der Waals surface area (Å²) in [4.78, 5) is 12.3. The average Bonchev–Trinajstić information content (AvgIpc) is 2.56. The number of phenols is 2. The van der Waals surface area contributed by atoms with E-state index in [1.165, 1.54) is 6.07 Å². The van der Waals surface area contributed by atoms with Crippen molar-refractivity contribution < 1.29 is 20.1 Å². The van der Waals surface area contributed by atoms with Crippen LogP contribution in [0.15, 0.2) is 60.7 Å². The minimum absolute atomic E-state index is 0. The lowest BCUT2D eigenvalue weighted by atomic mass is 9.99.